The quantitative estimate of drug-likeness (QED) is 0.797. The fraction of sp³-hybridized carbons (Fsp3) is 0.235. The summed E-state index contributed by atoms with van der Waals surface area (Å²) in [5.74, 6) is -0.245. The van der Waals surface area contributed by atoms with E-state index in [0.717, 1.165) is 5.56 Å². The number of halogens is 3. The van der Waals surface area contributed by atoms with Crippen molar-refractivity contribution in [3.63, 3.8) is 0 Å². The van der Waals surface area contributed by atoms with Crippen molar-refractivity contribution >= 4 is 23.2 Å². The second-order valence-electron chi connectivity index (χ2n) is 5.09. The van der Waals surface area contributed by atoms with Gasteiger partial charge in [0.1, 0.15) is 5.75 Å². The van der Waals surface area contributed by atoms with Crippen LogP contribution in [-0.2, 0) is 4.79 Å². The molecule has 1 amide bonds. The van der Waals surface area contributed by atoms with Crippen LogP contribution in [0, 0.1) is 0 Å². The van der Waals surface area contributed by atoms with Crippen LogP contribution in [0.3, 0.4) is 0 Å². The smallest absolute Gasteiger partial charge is 0.387 e. The van der Waals surface area contributed by atoms with Crippen molar-refractivity contribution in [2.45, 2.75) is 25.9 Å². The minimum Gasteiger partial charge on any atom is -0.433 e. The molecule has 0 aromatic heterocycles. The van der Waals surface area contributed by atoms with Crippen molar-refractivity contribution in [3.05, 3.63) is 59.1 Å². The zero-order valence-corrected chi connectivity index (χ0v) is 13.2. The van der Waals surface area contributed by atoms with Gasteiger partial charge in [0.2, 0.25) is 5.91 Å². The molecule has 0 saturated heterocycles. The summed E-state index contributed by atoms with van der Waals surface area (Å²) in [5, 5.41) is 2.71. The predicted molar refractivity (Wildman–Crippen MR) is 86.2 cm³/mol. The number of hydrogen-bond acceptors (Lipinski definition) is 2. The maximum atomic E-state index is 12.2. The van der Waals surface area contributed by atoms with Crippen LogP contribution >= 0.6 is 11.6 Å². The molecular formula is C17H16ClF2NO2. The molecule has 0 radical (unpaired) electrons. The molecule has 6 heteroatoms. The first kappa shape index (κ1) is 17.2. The molecule has 122 valence electrons. The zero-order valence-electron chi connectivity index (χ0n) is 12.4. The number of ether oxygens (including phenoxy) is 1. The van der Waals surface area contributed by atoms with Gasteiger partial charge in [0.25, 0.3) is 0 Å². The van der Waals surface area contributed by atoms with Gasteiger partial charge in [-0.15, -0.1) is 0 Å². The Labute approximate surface area is 138 Å². The zero-order chi connectivity index (χ0) is 16.8. The molecule has 0 fully saturated rings. The number of hydrogen-bond donors (Lipinski definition) is 1. The number of carbonyl (C=O) groups excluding carboxylic acids is 1. The maximum absolute atomic E-state index is 12.2. The lowest BCUT2D eigenvalue weighted by atomic mass is 9.97. The maximum Gasteiger partial charge on any atom is 0.387 e. The van der Waals surface area contributed by atoms with E-state index in [4.69, 9.17) is 11.6 Å². The lowest BCUT2D eigenvalue weighted by molar-refractivity contribution is -0.116. The van der Waals surface area contributed by atoms with Crippen LogP contribution in [0.15, 0.2) is 48.5 Å². The molecule has 0 heterocycles. The SMILES string of the molecule is C[C@@H](CC(=O)Nc1ccc(OC(F)F)c(Cl)c1)c1ccccc1. The molecule has 1 N–H and O–H groups in total. The first-order valence-electron chi connectivity index (χ1n) is 7.05. The Kier molecular flexibility index (Phi) is 5.93. The van der Waals surface area contributed by atoms with Crippen LogP contribution in [0.25, 0.3) is 0 Å². The Hall–Kier alpha value is -2.14. The van der Waals surface area contributed by atoms with Gasteiger partial charge < -0.3 is 10.1 Å². The highest BCUT2D eigenvalue weighted by Gasteiger charge is 2.13. The van der Waals surface area contributed by atoms with E-state index in [0.29, 0.717) is 12.1 Å². The van der Waals surface area contributed by atoms with Gasteiger partial charge in [0, 0.05) is 12.1 Å². The van der Waals surface area contributed by atoms with E-state index in [9.17, 15) is 13.6 Å². The molecular weight excluding hydrogens is 324 g/mol. The van der Waals surface area contributed by atoms with Crippen LogP contribution in [0.5, 0.6) is 5.75 Å². The molecule has 0 aliphatic rings. The average molecular weight is 340 g/mol. The monoisotopic (exact) mass is 339 g/mol. The van der Waals surface area contributed by atoms with Gasteiger partial charge in [-0.25, -0.2) is 0 Å². The topological polar surface area (TPSA) is 38.3 Å². The van der Waals surface area contributed by atoms with Crippen LogP contribution in [-0.4, -0.2) is 12.5 Å². The van der Waals surface area contributed by atoms with Crippen molar-refractivity contribution < 1.29 is 18.3 Å². The summed E-state index contributed by atoms with van der Waals surface area (Å²) < 4.78 is 28.6. The molecule has 0 saturated carbocycles. The molecule has 3 nitrogen and oxygen atoms in total. The Bertz CT molecular complexity index is 665. The summed E-state index contributed by atoms with van der Waals surface area (Å²) in [6.07, 6.45) is 0.302. The number of carbonyl (C=O) groups is 1. The van der Waals surface area contributed by atoms with E-state index < -0.39 is 6.61 Å². The predicted octanol–water partition coefficient (Wildman–Crippen LogP) is 5.07. The van der Waals surface area contributed by atoms with Gasteiger partial charge in [-0.1, -0.05) is 48.9 Å². The van der Waals surface area contributed by atoms with Gasteiger partial charge >= 0.3 is 6.61 Å². The standard InChI is InChI=1S/C17H16ClF2NO2/c1-11(12-5-3-2-4-6-12)9-16(22)21-13-7-8-15(14(18)10-13)23-17(19)20/h2-8,10-11,17H,9H2,1H3,(H,21,22)/t11-/m0/s1. The van der Waals surface area contributed by atoms with Crippen LogP contribution in [0.2, 0.25) is 5.02 Å². The molecule has 23 heavy (non-hydrogen) atoms. The van der Waals surface area contributed by atoms with Crippen molar-refractivity contribution in [2.24, 2.45) is 0 Å². The second kappa shape index (κ2) is 7.92. The number of benzene rings is 2. The minimum atomic E-state index is -2.94. The van der Waals surface area contributed by atoms with Crippen molar-refractivity contribution in [1.82, 2.24) is 0 Å². The minimum absolute atomic E-state index is 0.0132. The van der Waals surface area contributed by atoms with E-state index in [2.05, 4.69) is 10.1 Å². The van der Waals surface area contributed by atoms with E-state index >= 15 is 0 Å². The average Bonchev–Trinajstić information content (AvgIpc) is 2.50. The highest BCUT2D eigenvalue weighted by molar-refractivity contribution is 6.32. The third-order valence-corrected chi connectivity index (χ3v) is 3.59. The van der Waals surface area contributed by atoms with Crippen LogP contribution in [0.1, 0.15) is 24.8 Å². The van der Waals surface area contributed by atoms with Gasteiger partial charge in [0.05, 0.1) is 5.02 Å². The van der Waals surface area contributed by atoms with E-state index in [1.807, 2.05) is 37.3 Å². The summed E-state index contributed by atoms with van der Waals surface area (Å²) in [6, 6.07) is 13.8. The number of nitrogens with one attached hydrogen (secondary N) is 1. The van der Waals surface area contributed by atoms with E-state index in [1.165, 1.54) is 18.2 Å². The molecule has 0 bridgehead atoms. The molecule has 0 unspecified atom stereocenters. The normalized spacial score (nSPS) is 12.0. The fourth-order valence-corrected chi connectivity index (χ4v) is 2.38. The lowest BCUT2D eigenvalue weighted by Gasteiger charge is -2.13. The Morgan fingerprint density at radius 1 is 1.22 bits per heavy atom. The first-order chi connectivity index (χ1) is 11.0. The van der Waals surface area contributed by atoms with Gasteiger partial charge in [0.15, 0.2) is 0 Å². The van der Waals surface area contributed by atoms with Crippen molar-refractivity contribution in [3.8, 4) is 5.75 Å². The van der Waals surface area contributed by atoms with E-state index in [-0.39, 0.29) is 22.6 Å². The highest BCUT2D eigenvalue weighted by atomic mass is 35.5. The largest absolute Gasteiger partial charge is 0.433 e. The molecule has 2 aromatic rings. The number of alkyl halides is 2. The third kappa shape index (κ3) is 5.21. The third-order valence-electron chi connectivity index (χ3n) is 3.29. The van der Waals surface area contributed by atoms with Crippen LogP contribution < -0.4 is 10.1 Å². The summed E-state index contributed by atoms with van der Waals surface area (Å²) in [4.78, 5) is 12.1. The second-order valence-corrected chi connectivity index (χ2v) is 5.49. The lowest BCUT2D eigenvalue weighted by Crippen LogP contribution is -2.14. The molecule has 1 atom stereocenters. The van der Waals surface area contributed by atoms with Crippen LogP contribution in [0.4, 0.5) is 14.5 Å². The van der Waals surface area contributed by atoms with Crippen molar-refractivity contribution in [2.75, 3.05) is 5.32 Å². The Morgan fingerprint density at radius 3 is 2.52 bits per heavy atom. The summed E-state index contributed by atoms with van der Waals surface area (Å²) >= 11 is 5.85. The highest BCUT2D eigenvalue weighted by Crippen LogP contribution is 2.29. The molecule has 0 aliphatic carbocycles. The number of anilines is 1. The summed E-state index contributed by atoms with van der Waals surface area (Å²) in [5.41, 5.74) is 1.50. The Morgan fingerprint density at radius 2 is 1.91 bits per heavy atom. The van der Waals surface area contributed by atoms with Gasteiger partial charge in [-0.2, -0.15) is 8.78 Å². The fourth-order valence-electron chi connectivity index (χ4n) is 2.16. The first-order valence-corrected chi connectivity index (χ1v) is 7.42. The van der Waals surface area contributed by atoms with Gasteiger partial charge in [-0.3, -0.25) is 4.79 Å². The molecule has 2 aromatic carbocycles. The summed E-state index contributed by atoms with van der Waals surface area (Å²) in [7, 11) is 0. The molecule has 2 rings (SSSR count). The molecule has 0 spiro atoms. The van der Waals surface area contributed by atoms with Gasteiger partial charge in [-0.05, 0) is 29.7 Å². The number of amides is 1. The number of rotatable bonds is 6. The molecule has 0 aliphatic heterocycles. The van der Waals surface area contributed by atoms with Crippen molar-refractivity contribution in [1.29, 1.82) is 0 Å². The summed E-state index contributed by atoms with van der Waals surface area (Å²) in [6.45, 7) is -0.985. The van der Waals surface area contributed by atoms with E-state index in [1.54, 1.807) is 0 Å². The Balaban J connectivity index is 1.96.